The maximum absolute atomic E-state index is 9.95. The lowest BCUT2D eigenvalue weighted by Gasteiger charge is -2.15. The molecule has 1 aromatic rings. The molecule has 0 bridgehead atoms. The maximum atomic E-state index is 9.95. The van der Waals surface area contributed by atoms with E-state index in [0.29, 0.717) is 33.8 Å². The number of rotatable bonds is 5. The van der Waals surface area contributed by atoms with Gasteiger partial charge < -0.3 is 16.2 Å². The monoisotopic (exact) mass is 276 g/mol. The van der Waals surface area contributed by atoms with Crippen LogP contribution in [0.25, 0.3) is 0 Å². The quantitative estimate of drug-likeness (QED) is 0.725. The summed E-state index contributed by atoms with van der Waals surface area (Å²) in [6, 6.07) is 3.29. The Morgan fingerprint density at radius 2 is 1.76 bits per heavy atom. The van der Waals surface area contributed by atoms with E-state index < -0.39 is 6.10 Å². The molecule has 1 rings (SSSR count). The standard InChI is InChI=1S/C12H18Cl2N2O/c1-7(2)5-16-6-11(17)8-3-9(13)12(15)10(14)4-8/h3-4,7,11,16-17H,5-6,15H2,1-2H3. The summed E-state index contributed by atoms with van der Waals surface area (Å²) in [4.78, 5) is 0. The van der Waals surface area contributed by atoms with Crippen LogP contribution in [0, 0.1) is 5.92 Å². The Hall–Kier alpha value is -0.480. The number of halogens is 2. The lowest BCUT2D eigenvalue weighted by Crippen LogP contribution is -2.25. The van der Waals surface area contributed by atoms with Gasteiger partial charge in [0.25, 0.3) is 0 Å². The molecule has 17 heavy (non-hydrogen) atoms. The highest BCUT2D eigenvalue weighted by Gasteiger charge is 2.12. The third kappa shape index (κ3) is 4.36. The molecule has 5 heteroatoms. The van der Waals surface area contributed by atoms with Gasteiger partial charge in [-0.05, 0) is 30.2 Å². The molecule has 1 aromatic carbocycles. The van der Waals surface area contributed by atoms with Crippen LogP contribution in [-0.4, -0.2) is 18.2 Å². The van der Waals surface area contributed by atoms with Crippen LogP contribution < -0.4 is 11.1 Å². The van der Waals surface area contributed by atoms with Crippen molar-refractivity contribution in [2.75, 3.05) is 18.8 Å². The average molecular weight is 277 g/mol. The van der Waals surface area contributed by atoms with Gasteiger partial charge in [0, 0.05) is 6.54 Å². The first-order chi connectivity index (χ1) is 7.91. The Labute approximate surface area is 112 Å². The van der Waals surface area contributed by atoms with Gasteiger partial charge in [-0.1, -0.05) is 37.0 Å². The van der Waals surface area contributed by atoms with Crippen LogP contribution in [-0.2, 0) is 0 Å². The lowest BCUT2D eigenvalue weighted by molar-refractivity contribution is 0.173. The topological polar surface area (TPSA) is 58.3 Å². The van der Waals surface area contributed by atoms with Gasteiger partial charge in [-0.2, -0.15) is 0 Å². The van der Waals surface area contributed by atoms with Crippen LogP contribution in [0.1, 0.15) is 25.5 Å². The van der Waals surface area contributed by atoms with Crippen molar-refractivity contribution in [1.82, 2.24) is 5.32 Å². The van der Waals surface area contributed by atoms with Crippen LogP contribution in [0.15, 0.2) is 12.1 Å². The van der Waals surface area contributed by atoms with Crippen LogP contribution in [0.2, 0.25) is 10.0 Å². The van der Waals surface area contributed by atoms with Gasteiger partial charge in [-0.25, -0.2) is 0 Å². The van der Waals surface area contributed by atoms with Crippen molar-refractivity contribution in [3.63, 3.8) is 0 Å². The van der Waals surface area contributed by atoms with E-state index >= 15 is 0 Å². The lowest BCUT2D eigenvalue weighted by atomic mass is 10.1. The van der Waals surface area contributed by atoms with Gasteiger partial charge in [0.1, 0.15) is 0 Å². The summed E-state index contributed by atoms with van der Waals surface area (Å²) < 4.78 is 0. The van der Waals surface area contributed by atoms with Gasteiger partial charge >= 0.3 is 0 Å². The molecule has 0 fully saturated rings. The molecule has 0 heterocycles. The van der Waals surface area contributed by atoms with E-state index in [-0.39, 0.29) is 0 Å². The van der Waals surface area contributed by atoms with E-state index in [0.717, 1.165) is 6.54 Å². The second-order valence-electron chi connectivity index (χ2n) is 4.47. The smallest absolute Gasteiger partial charge is 0.0915 e. The second-order valence-corrected chi connectivity index (χ2v) is 5.28. The highest BCUT2D eigenvalue weighted by molar-refractivity contribution is 6.38. The molecule has 3 nitrogen and oxygen atoms in total. The van der Waals surface area contributed by atoms with Crippen molar-refractivity contribution in [2.24, 2.45) is 5.92 Å². The molecule has 1 atom stereocenters. The molecule has 0 saturated carbocycles. The summed E-state index contributed by atoms with van der Waals surface area (Å²) in [5.74, 6) is 0.542. The molecule has 1 unspecified atom stereocenters. The van der Waals surface area contributed by atoms with E-state index in [1.807, 2.05) is 0 Å². The van der Waals surface area contributed by atoms with Crippen molar-refractivity contribution in [3.05, 3.63) is 27.7 Å². The average Bonchev–Trinajstić information content (AvgIpc) is 2.24. The van der Waals surface area contributed by atoms with E-state index in [9.17, 15) is 5.11 Å². The van der Waals surface area contributed by atoms with Gasteiger partial charge in [-0.3, -0.25) is 0 Å². The Morgan fingerprint density at radius 1 is 1.24 bits per heavy atom. The van der Waals surface area contributed by atoms with Crippen molar-refractivity contribution >= 4 is 28.9 Å². The minimum atomic E-state index is -0.635. The van der Waals surface area contributed by atoms with Crippen molar-refractivity contribution < 1.29 is 5.11 Å². The molecule has 0 aliphatic heterocycles. The number of hydrogen-bond acceptors (Lipinski definition) is 3. The SMILES string of the molecule is CC(C)CNCC(O)c1cc(Cl)c(N)c(Cl)c1. The zero-order valence-electron chi connectivity index (χ0n) is 10.0. The first-order valence-electron chi connectivity index (χ1n) is 5.55. The predicted molar refractivity (Wildman–Crippen MR) is 73.5 cm³/mol. The third-order valence-electron chi connectivity index (χ3n) is 2.38. The Morgan fingerprint density at radius 3 is 2.24 bits per heavy atom. The number of aliphatic hydroxyl groups excluding tert-OH is 1. The molecule has 0 aliphatic rings. The van der Waals surface area contributed by atoms with Gasteiger partial charge in [0.15, 0.2) is 0 Å². The number of aliphatic hydroxyl groups is 1. The molecular formula is C12H18Cl2N2O. The molecular weight excluding hydrogens is 259 g/mol. The predicted octanol–water partition coefficient (Wildman–Crippen LogP) is 2.85. The summed E-state index contributed by atoms with van der Waals surface area (Å²) in [5, 5.41) is 13.9. The fraction of sp³-hybridized carbons (Fsp3) is 0.500. The van der Waals surface area contributed by atoms with E-state index in [4.69, 9.17) is 28.9 Å². The van der Waals surface area contributed by atoms with Crippen LogP contribution in [0.5, 0.6) is 0 Å². The molecule has 96 valence electrons. The molecule has 0 aliphatic carbocycles. The molecule has 0 amide bonds. The highest BCUT2D eigenvalue weighted by Crippen LogP contribution is 2.31. The molecule has 0 radical (unpaired) electrons. The summed E-state index contributed by atoms with van der Waals surface area (Å²) in [5.41, 5.74) is 6.65. The number of nitrogen functional groups attached to an aromatic ring is 1. The van der Waals surface area contributed by atoms with Crippen LogP contribution >= 0.6 is 23.2 Å². The van der Waals surface area contributed by atoms with E-state index in [2.05, 4.69) is 19.2 Å². The first-order valence-corrected chi connectivity index (χ1v) is 6.30. The van der Waals surface area contributed by atoms with Crippen molar-refractivity contribution in [2.45, 2.75) is 20.0 Å². The minimum absolute atomic E-state index is 0.347. The zero-order valence-corrected chi connectivity index (χ0v) is 11.5. The molecule has 0 spiro atoms. The number of hydrogen-bond donors (Lipinski definition) is 3. The third-order valence-corrected chi connectivity index (χ3v) is 3.00. The first kappa shape index (κ1) is 14.6. The van der Waals surface area contributed by atoms with Crippen LogP contribution in [0.3, 0.4) is 0 Å². The normalized spacial score (nSPS) is 13.1. The molecule has 4 N–H and O–H groups in total. The van der Waals surface area contributed by atoms with Crippen molar-refractivity contribution in [3.8, 4) is 0 Å². The fourth-order valence-corrected chi connectivity index (χ4v) is 1.93. The van der Waals surface area contributed by atoms with Gasteiger partial charge in [0.05, 0.1) is 21.8 Å². The highest BCUT2D eigenvalue weighted by atomic mass is 35.5. The summed E-state index contributed by atoms with van der Waals surface area (Å²) in [6.45, 7) is 5.54. The Balaban J connectivity index is 2.66. The number of nitrogens with two attached hydrogens (primary N) is 1. The molecule has 0 saturated heterocycles. The Bertz CT molecular complexity index is 360. The Kier molecular flexibility index (Phi) is 5.53. The number of nitrogens with one attached hydrogen (secondary N) is 1. The fourth-order valence-electron chi connectivity index (χ4n) is 1.42. The number of anilines is 1. The van der Waals surface area contributed by atoms with Crippen LogP contribution in [0.4, 0.5) is 5.69 Å². The molecule has 0 aromatic heterocycles. The summed E-state index contributed by atoms with van der Waals surface area (Å²) in [6.07, 6.45) is -0.635. The number of benzene rings is 1. The van der Waals surface area contributed by atoms with Gasteiger partial charge in [0.2, 0.25) is 0 Å². The summed E-state index contributed by atoms with van der Waals surface area (Å²) in [7, 11) is 0. The minimum Gasteiger partial charge on any atom is -0.396 e. The maximum Gasteiger partial charge on any atom is 0.0915 e. The zero-order chi connectivity index (χ0) is 13.0. The van der Waals surface area contributed by atoms with E-state index in [1.54, 1.807) is 12.1 Å². The van der Waals surface area contributed by atoms with Gasteiger partial charge in [-0.15, -0.1) is 0 Å². The second kappa shape index (κ2) is 6.45. The largest absolute Gasteiger partial charge is 0.396 e. The summed E-state index contributed by atoms with van der Waals surface area (Å²) >= 11 is 11.8. The van der Waals surface area contributed by atoms with E-state index in [1.165, 1.54) is 0 Å². The van der Waals surface area contributed by atoms with Crippen molar-refractivity contribution in [1.29, 1.82) is 0 Å².